The molecule has 0 spiro atoms. The first-order valence-electron chi connectivity index (χ1n) is 8.16. The van der Waals surface area contributed by atoms with Crippen LogP contribution >= 0.6 is 0 Å². The van der Waals surface area contributed by atoms with E-state index in [1.807, 2.05) is 31.2 Å². The standard InChI is InChI=1S/C19H20N4O/c1-13-5-6-17-14(9-13)10-15(11-16(12-20)18(21)24)19(22-17)23-7-3-2-4-8-23/h5-6,9-11H,2-4,7-8H2,1H3,(H2,21,24)/b16-11+. The zero-order valence-corrected chi connectivity index (χ0v) is 13.7. The third-order valence-corrected chi connectivity index (χ3v) is 4.32. The molecular formula is C19H20N4O. The number of benzene rings is 1. The molecule has 2 N–H and O–H groups in total. The zero-order valence-electron chi connectivity index (χ0n) is 13.7. The van der Waals surface area contributed by atoms with Gasteiger partial charge in [0.15, 0.2) is 0 Å². The Kier molecular flexibility index (Phi) is 4.48. The van der Waals surface area contributed by atoms with Gasteiger partial charge >= 0.3 is 0 Å². The van der Waals surface area contributed by atoms with Gasteiger partial charge in [-0.25, -0.2) is 4.98 Å². The zero-order chi connectivity index (χ0) is 17.1. The van der Waals surface area contributed by atoms with Crippen LogP contribution in [0.5, 0.6) is 0 Å². The van der Waals surface area contributed by atoms with Crippen molar-refractivity contribution < 1.29 is 4.79 Å². The Balaban J connectivity index is 2.18. The Morgan fingerprint density at radius 1 is 1.29 bits per heavy atom. The number of fused-ring (bicyclic) bond motifs is 1. The van der Waals surface area contributed by atoms with Gasteiger partial charge in [0.25, 0.3) is 5.91 Å². The lowest BCUT2D eigenvalue weighted by atomic mass is 10.0. The van der Waals surface area contributed by atoms with Crippen molar-refractivity contribution >= 4 is 28.7 Å². The van der Waals surface area contributed by atoms with Crippen molar-refractivity contribution in [1.29, 1.82) is 5.26 Å². The summed E-state index contributed by atoms with van der Waals surface area (Å²) in [7, 11) is 0. The molecule has 0 radical (unpaired) electrons. The van der Waals surface area contributed by atoms with Crippen LogP contribution in [0.2, 0.25) is 0 Å². The smallest absolute Gasteiger partial charge is 0.259 e. The van der Waals surface area contributed by atoms with E-state index in [4.69, 9.17) is 16.0 Å². The normalized spacial score (nSPS) is 15.3. The molecule has 1 saturated heterocycles. The van der Waals surface area contributed by atoms with Crippen LogP contribution in [0, 0.1) is 18.3 Å². The van der Waals surface area contributed by atoms with Gasteiger partial charge in [0.2, 0.25) is 0 Å². The summed E-state index contributed by atoms with van der Waals surface area (Å²) in [5, 5.41) is 10.2. The van der Waals surface area contributed by atoms with E-state index in [2.05, 4.69) is 11.0 Å². The molecule has 0 aliphatic carbocycles. The van der Waals surface area contributed by atoms with E-state index in [0.29, 0.717) is 0 Å². The molecule has 0 bridgehead atoms. The lowest BCUT2D eigenvalue weighted by Crippen LogP contribution is -2.30. The van der Waals surface area contributed by atoms with Crippen molar-refractivity contribution in [2.45, 2.75) is 26.2 Å². The van der Waals surface area contributed by atoms with Gasteiger partial charge in [-0.15, -0.1) is 0 Å². The summed E-state index contributed by atoms with van der Waals surface area (Å²) in [5.74, 6) is 0.103. The van der Waals surface area contributed by atoms with Crippen molar-refractivity contribution in [3.05, 3.63) is 41.0 Å². The van der Waals surface area contributed by atoms with Gasteiger partial charge in [0.1, 0.15) is 17.5 Å². The Hall–Kier alpha value is -2.87. The molecule has 2 heterocycles. The lowest BCUT2D eigenvalue weighted by Gasteiger charge is -2.29. The first kappa shape index (κ1) is 16.0. The summed E-state index contributed by atoms with van der Waals surface area (Å²) in [5.41, 5.74) is 8.06. The predicted octanol–water partition coefficient (Wildman–Crippen LogP) is 2.93. The number of rotatable bonds is 3. The number of nitrogens with zero attached hydrogens (tertiary/aromatic N) is 3. The second-order valence-corrected chi connectivity index (χ2v) is 6.18. The van der Waals surface area contributed by atoms with Crippen LogP contribution in [0.3, 0.4) is 0 Å². The second-order valence-electron chi connectivity index (χ2n) is 6.18. The van der Waals surface area contributed by atoms with Gasteiger partial charge in [0.05, 0.1) is 5.52 Å². The number of primary amides is 1. The van der Waals surface area contributed by atoms with Crippen LogP contribution in [-0.4, -0.2) is 24.0 Å². The molecule has 0 atom stereocenters. The van der Waals surface area contributed by atoms with Gasteiger partial charge in [-0.2, -0.15) is 5.26 Å². The maximum Gasteiger partial charge on any atom is 0.259 e. The van der Waals surface area contributed by atoms with Gasteiger partial charge in [0, 0.05) is 24.0 Å². The molecule has 0 unspecified atom stereocenters. The lowest BCUT2D eigenvalue weighted by molar-refractivity contribution is -0.114. The molecule has 1 amide bonds. The maximum atomic E-state index is 11.4. The predicted molar refractivity (Wildman–Crippen MR) is 95.3 cm³/mol. The molecule has 24 heavy (non-hydrogen) atoms. The van der Waals surface area contributed by atoms with Gasteiger partial charge in [-0.1, -0.05) is 11.6 Å². The van der Waals surface area contributed by atoms with Gasteiger partial charge < -0.3 is 10.6 Å². The van der Waals surface area contributed by atoms with Crippen LogP contribution in [0.15, 0.2) is 29.8 Å². The number of nitriles is 1. The van der Waals surface area contributed by atoms with Crippen molar-refractivity contribution in [2.75, 3.05) is 18.0 Å². The van der Waals surface area contributed by atoms with Crippen LogP contribution in [0.25, 0.3) is 17.0 Å². The monoisotopic (exact) mass is 320 g/mol. The highest BCUT2D eigenvalue weighted by molar-refractivity contribution is 6.01. The highest BCUT2D eigenvalue weighted by Crippen LogP contribution is 2.28. The fraction of sp³-hybridized carbons (Fsp3) is 0.316. The number of anilines is 1. The topological polar surface area (TPSA) is 83.0 Å². The Bertz CT molecular complexity index is 858. The number of amides is 1. The van der Waals surface area contributed by atoms with Crippen molar-refractivity contribution in [3.63, 3.8) is 0 Å². The van der Waals surface area contributed by atoms with Crippen molar-refractivity contribution in [2.24, 2.45) is 5.73 Å². The van der Waals surface area contributed by atoms with Crippen LogP contribution in [-0.2, 0) is 4.79 Å². The van der Waals surface area contributed by atoms with E-state index in [-0.39, 0.29) is 5.57 Å². The first-order chi connectivity index (χ1) is 11.6. The number of piperidine rings is 1. The van der Waals surface area contributed by atoms with E-state index in [1.54, 1.807) is 6.08 Å². The van der Waals surface area contributed by atoms with Crippen LogP contribution < -0.4 is 10.6 Å². The minimum absolute atomic E-state index is 0.0536. The summed E-state index contributed by atoms with van der Waals surface area (Å²) < 4.78 is 0. The molecule has 2 aromatic rings. The fourth-order valence-electron chi connectivity index (χ4n) is 3.08. The van der Waals surface area contributed by atoms with E-state index >= 15 is 0 Å². The third kappa shape index (κ3) is 3.23. The molecule has 1 fully saturated rings. The van der Waals surface area contributed by atoms with E-state index in [9.17, 15) is 4.79 Å². The Morgan fingerprint density at radius 2 is 2.04 bits per heavy atom. The molecule has 1 aromatic heterocycles. The highest BCUT2D eigenvalue weighted by Gasteiger charge is 2.17. The van der Waals surface area contributed by atoms with Crippen LogP contribution in [0.1, 0.15) is 30.4 Å². The molecule has 0 saturated carbocycles. The molecule has 1 aromatic carbocycles. The molecule has 122 valence electrons. The second kappa shape index (κ2) is 6.71. The first-order valence-corrected chi connectivity index (χ1v) is 8.16. The van der Waals surface area contributed by atoms with E-state index in [1.165, 1.54) is 6.42 Å². The average Bonchev–Trinajstić information content (AvgIpc) is 2.59. The number of carbonyl (C=O) groups excluding carboxylic acids is 1. The number of aryl methyl sites for hydroxylation is 1. The fourth-order valence-corrected chi connectivity index (χ4v) is 3.08. The van der Waals surface area contributed by atoms with Gasteiger partial charge in [-0.3, -0.25) is 4.79 Å². The van der Waals surface area contributed by atoms with Crippen molar-refractivity contribution in [3.8, 4) is 6.07 Å². The molecule has 3 rings (SSSR count). The maximum absolute atomic E-state index is 11.4. The summed E-state index contributed by atoms with van der Waals surface area (Å²) in [6.45, 7) is 3.89. The minimum Gasteiger partial charge on any atom is -0.365 e. The van der Waals surface area contributed by atoms with Gasteiger partial charge in [-0.05, 0) is 50.5 Å². The molecular weight excluding hydrogens is 300 g/mol. The SMILES string of the molecule is Cc1ccc2nc(N3CCCCC3)c(/C=C(\C#N)C(N)=O)cc2c1. The summed E-state index contributed by atoms with van der Waals surface area (Å²) in [4.78, 5) is 18.5. The molecule has 5 heteroatoms. The number of hydrogen-bond acceptors (Lipinski definition) is 4. The number of nitrogens with two attached hydrogens (primary N) is 1. The Morgan fingerprint density at radius 3 is 2.71 bits per heavy atom. The minimum atomic E-state index is -0.716. The van der Waals surface area contributed by atoms with Crippen molar-refractivity contribution in [1.82, 2.24) is 4.98 Å². The van der Waals surface area contributed by atoms with E-state index in [0.717, 1.165) is 53.8 Å². The molecule has 5 nitrogen and oxygen atoms in total. The average molecular weight is 320 g/mol. The quantitative estimate of drug-likeness (QED) is 0.696. The summed E-state index contributed by atoms with van der Waals surface area (Å²) in [6.07, 6.45) is 5.02. The molecule has 1 aliphatic heterocycles. The highest BCUT2D eigenvalue weighted by atomic mass is 16.1. The largest absolute Gasteiger partial charge is 0.365 e. The summed E-state index contributed by atoms with van der Waals surface area (Å²) >= 11 is 0. The van der Waals surface area contributed by atoms with E-state index < -0.39 is 5.91 Å². The van der Waals surface area contributed by atoms with Crippen LogP contribution in [0.4, 0.5) is 5.82 Å². The summed E-state index contributed by atoms with van der Waals surface area (Å²) in [6, 6.07) is 9.96. The third-order valence-electron chi connectivity index (χ3n) is 4.32. The number of hydrogen-bond donors (Lipinski definition) is 1. The Labute approximate surface area is 141 Å². The number of pyridine rings is 1. The number of aromatic nitrogens is 1. The molecule has 1 aliphatic rings. The number of carbonyl (C=O) groups is 1.